The van der Waals surface area contributed by atoms with Crippen LogP contribution in [-0.4, -0.2) is 161 Å². The van der Waals surface area contributed by atoms with Gasteiger partial charge in [0.05, 0.1) is 44.2 Å². The fraction of sp³-hybridized carbons (Fsp3) is 0.441. The number of benzene rings is 9. The fourth-order valence-corrected chi connectivity index (χ4v) is 25.7. The minimum atomic E-state index is 0.136. The van der Waals surface area contributed by atoms with Crippen molar-refractivity contribution in [2.75, 3.05) is 33.3 Å². The zero-order chi connectivity index (χ0) is 95.6. The first kappa shape index (κ1) is 98.2. The molecule has 0 radical (unpaired) electrons. The van der Waals surface area contributed by atoms with E-state index in [0.29, 0.717) is 57.7 Å². The van der Waals surface area contributed by atoms with Crippen LogP contribution in [0, 0.1) is 12.8 Å². The first-order chi connectivity index (χ1) is 67.2. The van der Waals surface area contributed by atoms with E-state index in [-0.39, 0.29) is 41.4 Å². The Kier molecular flexibility index (Phi) is 32.2. The van der Waals surface area contributed by atoms with Gasteiger partial charge in [-0.3, -0.25) is 38.8 Å². The SMILES string of the molecule is CC(=O)c1cn(CCCN2C3CCC2CC(Oc2ccccc2Cl)C3)c2c(C)cccc12.CCc1cccc2c(C(C)=O)cn(CCCN3C4CCC3CC(CCc3ccc(Cl)cc3)C4)c12.CCc1cccc2c(C(C)=O)cn(CCCN3C4CCC3CC(Oc3ccccc3Cl)C4)c12.COc1cccc2c(C(=O)Cc3ccccc3)cn(CCCN3C4CCC3CC(Oc3ccccc3Cl)C4)c12. The largest absolute Gasteiger partial charge is 0.495 e. The second kappa shape index (κ2) is 45.3. The lowest BCUT2D eigenvalue weighted by Crippen LogP contribution is -2.46. The number of ether oxygens (including phenoxy) is 4. The Bertz CT molecular complexity index is 6360. The van der Waals surface area contributed by atoms with Gasteiger partial charge in [0.15, 0.2) is 23.1 Å². The van der Waals surface area contributed by atoms with E-state index in [1.165, 1.54) is 122 Å². The highest BCUT2D eigenvalue weighted by Crippen LogP contribution is 2.46. The molecule has 0 amide bonds. The Morgan fingerprint density at radius 3 is 1.04 bits per heavy atom. The molecule has 8 fully saturated rings. The van der Waals surface area contributed by atoms with Gasteiger partial charge in [0.2, 0.25) is 0 Å². The maximum Gasteiger partial charge on any atom is 0.169 e. The normalized spacial score (nSPS) is 22.2. The highest BCUT2D eigenvalue weighted by atomic mass is 35.5. The number of ketones is 4. The maximum absolute atomic E-state index is 13.4. The molecule has 8 atom stereocenters. The number of piperidine rings is 4. The smallest absolute Gasteiger partial charge is 0.169 e. The topological polar surface area (TPSA) is 138 Å². The van der Waals surface area contributed by atoms with Crippen LogP contribution in [0.15, 0.2) is 225 Å². The lowest BCUT2D eigenvalue weighted by molar-refractivity contribution is 0.0480. The van der Waals surface area contributed by atoms with Crippen LogP contribution in [0.5, 0.6) is 23.0 Å². The zero-order valence-electron chi connectivity index (χ0n) is 81.5. The quantitative estimate of drug-likeness (QED) is 0.0355. The monoisotopic (exact) mass is 1930 g/mol. The summed E-state index contributed by atoms with van der Waals surface area (Å²) in [6, 6.07) is 71.7. The Morgan fingerprint density at radius 1 is 0.333 bits per heavy atom. The van der Waals surface area contributed by atoms with Crippen molar-refractivity contribution >= 4 is 113 Å². The third kappa shape index (κ3) is 22.5. The number of hydrogen-bond donors (Lipinski definition) is 0. The van der Waals surface area contributed by atoms with Crippen molar-refractivity contribution in [2.45, 2.75) is 295 Å². The zero-order valence-corrected chi connectivity index (χ0v) is 84.5. The Hall–Kier alpha value is -9.98. The molecule has 8 saturated heterocycles. The highest BCUT2D eigenvalue weighted by Gasteiger charge is 2.45. The average molecular weight is 1940 g/mol. The van der Waals surface area contributed by atoms with Crippen molar-refractivity contribution in [1.82, 2.24) is 37.9 Å². The Morgan fingerprint density at radius 2 is 0.659 bits per heavy atom. The third-order valence-electron chi connectivity index (χ3n) is 31.5. The number of fused-ring (bicyclic) bond motifs is 12. The number of para-hydroxylation sites is 7. The molecule has 0 aliphatic carbocycles. The molecule has 8 bridgehead atoms. The van der Waals surface area contributed by atoms with Gasteiger partial charge in [-0.15, -0.1) is 0 Å². The molecular weight excluding hydrogens is 1800 g/mol. The van der Waals surface area contributed by atoms with Crippen molar-refractivity contribution < 1.29 is 38.1 Å². The predicted molar refractivity (Wildman–Crippen MR) is 563 cm³/mol. The number of methoxy groups -OCH3 is 1. The number of aromatic nitrogens is 4. The van der Waals surface area contributed by atoms with Crippen LogP contribution >= 0.6 is 46.4 Å². The van der Waals surface area contributed by atoms with Crippen molar-refractivity contribution in [3.05, 3.63) is 295 Å². The molecule has 8 unspecified atom stereocenters. The Balaban J connectivity index is 0.000000123. The van der Waals surface area contributed by atoms with Crippen molar-refractivity contribution in [3.8, 4) is 23.0 Å². The summed E-state index contributed by atoms with van der Waals surface area (Å²) in [4.78, 5) is 60.9. The molecule has 13 aromatic rings. The summed E-state index contributed by atoms with van der Waals surface area (Å²) < 4.78 is 33.8. The van der Waals surface area contributed by atoms with E-state index in [2.05, 4.69) is 138 Å². The van der Waals surface area contributed by atoms with Gasteiger partial charge in [-0.05, 0) is 270 Å². The second-order valence-corrected chi connectivity index (χ2v) is 41.9. The van der Waals surface area contributed by atoms with Gasteiger partial charge in [0, 0.05) is 181 Å². The molecule has 138 heavy (non-hydrogen) atoms. The van der Waals surface area contributed by atoms with Crippen LogP contribution in [-0.2, 0) is 51.9 Å². The number of halogens is 4. The van der Waals surface area contributed by atoms with E-state index >= 15 is 0 Å². The summed E-state index contributed by atoms with van der Waals surface area (Å²) in [6.07, 6.45) is 37.4. The minimum Gasteiger partial charge on any atom is -0.495 e. The molecule has 21 rings (SSSR count). The maximum atomic E-state index is 13.4. The summed E-state index contributed by atoms with van der Waals surface area (Å²) in [7, 11) is 1.70. The molecular formula is C118H136Cl4N8O8. The number of aryl methyl sites for hydroxylation is 8. The lowest BCUT2D eigenvalue weighted by Gasteiger charge is -2.39. The first-order valence-electron chi connectivity index (χ1n) is 51.3. The number of hydrogen-bond acceptors (Lipinski definition) is 12. The molecule has 0 saturated carbocycles. The first-order valence-corrected chi connectivity index (χ1v) is 52.8. The Labute approximate surface area is 835 Å². The molecule has 12 heterocycles. The van der Waals surface area contributed by atoms with E-state index in [1.807, 2.05) is 146 Å². The van der Waals surface area contributed by atoms with Crippen molar-refractivity contribution in [1.29, 1.82) is 0 Å². The lowest BCUT2D eigenvalue weighted by atomic mass is 9.86. The number of rotatable bonds is 34. The van der Waals surface area contributed by atoms with Gasteiger partial charge in [-0.1, -0.05) is 206 Å². The van der Waals surface area contributed by atoms with Crippen LogP contribution < -0.4 is 18.9 Å². The summed E-state index contributed by atoms with van der Waals surface area (Å²) in [5, 5.41) is 7.16. The summed E-state index contributed by atoms with van der Waals surface area (Å²) in [6.45, 7) is 19.6. The van der Waals surface area contributed by atoms with Crippen LogP contribution in [0.3, 0.4) is 0 Å². The van der Waals surface area contributed by atoms with Gasteiger partial charge in [-0.25, -0.2) is 0 Å². The fourth-order valence-electron chi connectivity index (χ4n) is 25.1. The van der Waals surface area contributed by atoms with Gasteiger partial charge in [-0.2, -0.15) is 0 Å². The molecule has 724 valence electrons. The van der Waals surface area contributed by atoms with Crippen LogP contribution in [0.4, 0.5) is 0 Å². The van der Waals surface area contributed by atoms with Crippen LogP contribution in [0.25, 0.3) is 43.6 Å². The standard InChI is InChI=1S/C33H35ClN2O3.C30H37ClN2O.C28H33ClN2O2.C27H31ClN2O2/c1-38-32-14-7-11-27-28(30(37)19-23-9-3-2-4-10-23)22-35(33(27)32)17-8-18-36-24-15-16-25(36)21-26(20-24)39-31-13-6-5-12-29(31)34;1-3-24-6-4-7-28-29(21(2)34)20-32(30(24)28)16-5-17-33-26-14-15-27(33)19-23(18-26)9-8-22-10-12-25(31)13-11-22;1-3-20-8-6-9-24-25(19(2)32)18-30(28(20)24)14-7-15-31-21-12-13-22(31)17-23(16-21)33-27-11-5-4-10-26(27)29;1-18-7-5-8-23-24(19(2)31)17-29(27(18)23)13-6-14-30-20-11-12-21(30)16-22(15-20)32-26-10-4-3-9-25(26)28/h2-7,9-14,22,24-26H,8,15-21H2,1H3;4,6-7,10-13,20,23,26-27H,3,5,8-9,14-19H2,1-2H3;4-6,8-11,18,21-23H,3,7,12-17H2,1-2H3;3-5,7-10,17,20-22H,6,11-16H2,1-2H3. The summed E-state index contributed by atoms with van der Waals surface area (Å²) in [5.41, 5.74) is 14.4. The van der Waals surface area contributed by atoms with E-state index in [1.54, 1.807) is 27.9 Å². The van der Waals surface area contributed by atoms with Gasteiger partial charge in [0.1, 0.15) is 41.3 Å². The number of carbonyl (C=O) groups is 4. The number of nitrogens with zero attached hydrogens (tertiary/aromatic N) is 8. The molecule has 16 nitrogen and oxygen atoms in total. The van der Waals surface area contributed by atoms with Crippen molar-refractivity contribution in [2.24, 2.45) is 5.92 Å². The third-order valence-corrected chi connectivity index (χ3v) is 32.7. The summed E-state index contributed by atoms with van der Waals surface area (Å²) in [5.74, 6) is 4.65. The molecule has 8 aliphatic rings. The van der Waals surface area contributed by atoms with Crippen LogP contribution in [0.1, 0.15) is 239 Å². The molecule has 4 aromatic heterocycles. The second-order valence-electron chi connectivity index (χ2n) is 40.2. The van der Waals surface area contributed by atoms with E-state index < -0.39 is 0 Å². The molecule has 8 aliphatic heterocycles. The summed E-state index contributed by atoms with van der Waals surface area (Å²) >= 11 is 25.0. The molecule has 9 aromatic carbocycles. The van der Waals surface area contributed by atoms with E-state index in [4.69, 9.17) is 65.4 Å². The molecule has 0 N–H and O–H groups in total. The van der Waals surface area contributed by atoms with Gasteiger partial charge < -0.3 is 37.2 Å². The van der Waals surface area contributed by atoms with Crippen LogP contribution in [0.2, 0.25) is 20.1 Å². The number of Topliss-reactive ketones (excluding diaryl/α,β-unsaturated/α-hetero) is 4. The number of carbonyl (C=O) groups excluding carboxylic acids is 4. The van der Waals surface area contributed by atoms with E-state index in [0.717, 1.165) is 224 Å². The molecule has 20 heteroatoms. The van der Waals surface area contributed by atoms with Crippen molar-refractivity contribution in [3.63, 3.8) is 0 Å². The van der Waals surface area contributed by atoms with Gasteiger partial charge >= 0.3 is 0 Å². The average Bonchev–Trinajstić information content (AvgIpc) is 1.62. The molecule has 0 spiro atoms. The van der Waals surface area contributed by atoms with Gasteiger partial charge in [0.25, 0.3) is 0 Å². The predicted octanol–water partition coefficient (Wildman–Crippen LogP) is 27.3. The van der Waals surface area contributed by atoms with E-state index in [9.17, 15) is 19.2 Å². The highest BCUT2D eigenvalue weighted by molar-refractivity contribution is 6.33. The minimum absolute atomic E-state index is 0.136.